The largest absolute Gasteiger partial charge is 0.478 e. The summed E-state index contributed by atoms with van der Waals surface area (Å²) in [7, 11) is 0. The van der Waals surface area contributed by atoms with Gasteiger partial charge < -0.3 is 21.1 Å². The van der Waals surface area contributed by atoms with Crippen LogP contribution in [0.4, 0.5) is 14.9 Å². The van der Waals surface area contributed by atoms with Gasteiger partial charge in [0, 0.05) is 18.3 Å². The maximum Gasteiger partial charge on any atom is 0.338 e. The number of halogens is 1. The number of carbonyl (C=O) groups excluding carboxylic acids is 1. The third-order valence-corrected chi connectivity index (χ3v) is 3.11. The lowest BCUT2D eigenvalue weighted by molar-refractivity contribution is 0.0692. The molecule has 0 atom stereocenters. The Morgan fingerprint density at radius 3 is 2.67 bits per heavy atom. The van der Waals surface area contributed by atoms with E-state index in [4.69, 9.17) is 5.11 Å². The van der Waals surface area contributed by atoms with Crippen LogP contribution < -0.4 is 16.0 Å². The van der Waals surface area contributed by atoms with Gasteiger partial charge in [0.2, 0.25) is 0 Å². The topological polar surface area (TPSA) is 90.5 Å². The molecule has 1 aromatic rings. The zero-order valence-electron chi connectivity index (χ0n) is 11.5. The van der Waals surface area contributed by atoms with E-state index < -0.39 is 23.4 Å². The molecule has 0 aromatic heterocycles. The summed E-state index contributed by atoms with van der Waals surface area (Å²) in [6, 6.07) is 3.66. The second kappa shape index (κ2) is 7.03. The number of carboxylic acids is 1. The van der Waals surface area contributed by atoms with Crippen LogP contribution in [-0.4, -0.2) is 36.2 Å². The zero-order valence-corrected chi connectivity index (χ0v) is 11.5. The Bertz CT molecular complexity index is 532. The Morgan fingerprint density at radius 1 is 1.29 bits per heavy atom. The molecular weight excluding hydrogens is 277 g/mol. The van der Waals surface area contributed by atoms with Crippen molar-refractivity contribution in [3.05, 3.63) is 29.6 Å². The van der Waals surface area contributed by atoms with Crippen molar-refractivity contribution in [1.82, 2.24) is 10.6 Å². The van der Waals surface area contributed by atoms with Crippen LogP contribution in [0.1, 0.15) is 29.6 Å². The quantitative estimate of drug-likeness (QED) is 0.577. The van der Waals surface area contributed by atoms with E-state index in [9.17, 15) is 14.0 Å². The molecule has 1 aliphatic carbocycles. The molecule has 114 valence electrons. The summed E-state index contributed by atoms with van der Waals surface area (Å²) in [5.41, 5.74) is -0.210. The molecule has 0 bridgehead atoms. The summed E-state index contributed by atoms with van der Waals surface area (Å²) >= 11 is 0. The lowest BCUT2D eigenvalue weighted by atomic mass is 10.2. The highest BCUT2D eigenvalue weighted by molar-refractivity contribution is 5.91. The summed E-state index contributed by atoms with van der Waals surface area (Å²) in [4.78, 5) is 22.2. The molecule has 1 aliphatic rings. The molecule has 1 saturated carbocycles. The third-order valence-electron chi connectivity index (χ3n) is 3.11. The van der Waals surface area contributed by atoms with Crippen LogP contribution in [-0.2, 0) is 0 Å². The van der Waals surface area contributed by atoms with Gasteiger partial charge in [0.05, 0.1) is 5.56 Å². The van der Waals surface area contributed by atoms with Crippen LogP contribution in [0.2, 0.25) is 0 Å². The van der Waals surface area contributed by atoms with Crippen LogP contribution in [0, 0.1) is 5.82 Å². The highest BCUT2D eigenvalue weighted by Gasteiger charge is 2.19. The molecule has 2 rings (SSSR count). The van der Waals surface area contributed by atoms with Crippen LogP contribution in [0.25, 0.3) is 0 Å². The molecule has 4 N–H and O–H groups in total. The molecule has 2 amide bonds. The molecule has 0 unspecified atom stereocenters. The van der Waals surface area contributed by atoms with Crippen LogP contribution in [0.5, 0.6) is 0 Å². The van der Waals surface area contributed by atoms with Gasteiger partial charge in [0.1, 0.15) is 5.82 Å². The zero-order chi connectivity index (χ0) is 15.2. The molecule has 0 heterocycles. The number of carbonyl (C=O) groups is 2. The summed E-state index contributed by atoms with van der Waals surface area (Å²) in [5.74, 6) is -2.22. The normalized spacial score (nSPS) is 13.8. The molecule has 6 nitrogen and oxygen atoms in total. The molecule has 7 heteroatoms. The van der Waals surface area contributed by atoms with Crippen molar-refractivity contribution >= 4 is 17.7 Å². The number of benzene rings is 1. The minimum absolute atomic E-state index is 0.214. The fourth-order valence-electron chi connectivity index (χ4n) is 1.83. The standard InChI is InChI=1S/C14H18FN3O3/c15-12-8-10(4-5-11(12)13(19)20)18-14(21)17-7-1-6-16-9-2-3-9/h4-5,8-9,16H,1-3,6-7H2,(H,19,20)(H2,17,18,21). The van der Waals surface area contributed by atoms with Crippen molar-refractivity contribution in [2.45, 2.75) is 25.3 Å². The van der Waals surface area contributed by atoms with Crippen molar-refractivity contribution in [2.75, 3.05) is 18.4 Å². The average molecular weight is 295 g/mol. The number of rotatable bonds is 7. The average Bonchev–Trinajstić information content (AvgIpc) is 3.22. The molecule has 0 spiro atoms. The Balaban J connectivity index is 1.71. The lowest BCUT2D eigenvalue weighted by Gasteiger charge is -2.08. The molecule has 1 fully saturated rings. The summed E-state index contributed by atoms with van der Waals surface area (Å²) in [6.07, 6.45) is 3.27. The van der Waals surface area contributed by atoms with Crippen molar-refractivity contribution < 1.29 is 19.1 Å². The first-order valence-electron chi connectivity index (χ1n) is 6.87. The van der Waals surface area contributed by atoms with E-state index in [-0.39, 0.29) is 5.69 Å². The Hall–Kier alpha value is -2.15. The number of hydrogen-bond acceptors (Lipinski definition) is 3. The smallest absolute Gasteiger partial charge is 0.338 e. The van der Waals surface area contributed by atoms with Gasteiger partial charge in [-0.2, -0.15) is 0 Å². The molecule has 0 radical (unpaired) electrons. The van der Waals surface area contributed by atoms with E-state index in [2.05, 4.69) is 16.0 Å². The second-order valence-corrected chi connectivity index (χ2v) is 4.96. The predicted octanol–water partition coefficient (Wildman–Crippen LogP) is 1.79. The van der Waals surface area contributed by atoms with Gasteiger partial charge in [-0.25, -0.2) is 14.0 Å². The van der Waals surface area contributed by atoms with Gasteiger partial charge >= 0.3 is 12.0 Å². The number of urea groups is 1. The SMILES string of the molecule is O=C(NCCCNC1CC1)Nc1ccc(C(=O)O)c(F)c1. The monoisotopic (exact) mass is 295 g/mol. The number of carboxylic acid groups (broad SMARTS) is 1. The first-order chi connectivity index (χ1) is 10.1. The first kappa shape index (κ1) is 15.2. The van der Waals surface area contributed by atoms with Gasteiger partial charge in [-0.1, -0.05) is 0 Å². The fourth-order valence-corrected chi connectivity index (χ4v) is 1.83. The number of anilines is 1. The molecule has 21 heavy (non-hydrogen) atoms. The Kier molecular flexibility index (Phi) is 5.10. The van der Waals surface area contributed by atoms with Gasteiger partial charge in [0.25, 0.3) is 0 Å². The second-order valence-electron chi connectivity index (χ2n) is 4.96. The minimum Gasteiger partial charge on any atom is -0.478 e. The van der Waals surface area contributed by atoms with Crippen LogP contribution in [0.3, 0.4) is 0 Å². The highest BCUT2D eigenvalue weighted by atomic mass is 19.1. The Labute approximate surface area is 121 Å². The molecule has 0 saturated heterocycles. The lowest BCUT2D eigenvalue weighted by Crippen LogP contribution is -2.31. The van der Waals surface area contributed by atoms with Gasteiger partial charge in [-0.05, 0) is 44.0 Å². The summed E-state index contributed by atoms with van der Waals surface area (Å²) in [6.45, 7) is 1.37. The van der Waals surface area contributed by atoms with Crippen molar-refractivity contribution in [3.8, 4) is 0 Å². The number of nitrogens with one attached hydrogen (secondary N) is 3. The highest BCUT2D eigenvalue weighted by Crippen LogP contribution is 2.18. The van der Waals surface area contributed by atoms with E-state index >= 15 is 0 Å². The van der Waals surface area contributed by atoms with Gasteiger partial charge in [0.15, 0.2) is 0 Å². The molecular formula is C14H18FN3O3. The van der Waals surface area contributed by atoms with Crippen LogP contribution >= 0.6 is 0 Å². The number of aromatic carboxylic acids is 1. The van der Waals surface area contributed by atoms with Crippen LogP contribution in [0.15, 0.2) is 18.2 Å². The maximum atomic E-state index is 13.4. The molecule has 1 aromatic carbocycles. The van der Waals surface area contributed by atoms with E-state index in [1.54, 1.807) is 0 Å². The van der Waals surface area contributed by atoms with E-state index in [1.165, 1.54) is 18.9 Å². The third kappa shape index (κ3) is 5.03. The van der Waals surface area contributed by atoms with E-state index in [0.717, 1.165) is 25.1 Å². The summed E-state index contributed by atoms with van der Waals surface area (Å²) < 4.78 is 13.4. The summed E-state index contributed by atoms with van der Waals surface area (Å²) in [5, 5.41) is 17.1. The number of amides is 2. The van der Waals surface area contributed by atoms with E-state index in [0.29, 0.717) is 12.6 Å². The fraction of sp³-hybridized carbons (Fsp3) is 0.429. The first-order valence-corrected chi connectivity index (χ1v) is 6.87. The van der Waals surface area contributed by atoms with Gasteiger partial charge in [-0.15, -0.1) is 0 Å². The van der Waals surface area contributed by atoms with Gasteiger partial charge in [-0.3, -0.25) is 0 Å². The minimum atomic E-state index is -1.34. The maximum absolute atomic E-state index is 13.4. The van der Waals surface area contributed by atoms with E-state index in [1.807, 2.05) is 0 Å². The van der Waals surface area contributed by atoms with Crippen molar-refractivity contribution in [3.63, 3.8) is 0 Å². The Morgan fingerprint density at radius 2 is 2.05 bits per heavy atom. The predicted molar refractivity (Wildman–Crippen MR) is 76.0 cm³/mol. The van der Waals surface area contributed by atoms with Crippen molar-refractivity contribution in [1.29, 1.82) is 0 Å². The molecule has 0 aliphatic heterocycles. The van der Waals surface area contributed by atoms with Crippen molar-refractivity contribution in [2.24, 2.45) is 0 Å². The number of hydrogen-bond donors (Lipinski definition) is 4.